The van der Waals surface area contributed by atoms with E-state index >= 15 is 0 Å². The summed E-state index contributed by atoms with van der Waals surface area (Å²) < 4.78 is 0. The fourth-order valence-corrected chi connectivity index (χ4v) is 1.99. The molecule has 0 fully saturated rings. The summed E-state index contributed by atoms with van der Waals surface area (Å²) in [4.78, 5) is 6.59. The van der Waals surface area contributed by atoms with Crippen LogP contribution in [0.15, 0.2) is 12.3 Å². The highest BCUT2D eigenvalue weighted by molar-refractivity contribution is 6.31. The molecule has 0 bridgehead atoms. The lowest BCUT2D eigenvalue weighted by Gasteiger charge is -2.19. The Bertz CT molecular complexity index is 380. The van der Waals surface area contributed by atoms with Gasteiger partial charge in [-0.3, -0.25) is 0 Å². The van der Waals surface area contributed by atoms with Crippen LogP contribution in [-0.2, 0) is 6.54 Å². The van der Waals surface area contributed by atoms with Crippen molar-refractivity contribution in [3.05, 3.63) is 22.8 Å². The molecule has 0 amide bonds. The number of hydrogen-bond acceptors (Lipinski definition) is 3. The number of halogens is 1. The van der Waals surface area contributed by atoms with Crippen LogP contribution in [0.25, 0.3) is 0 Å². The van der Waals surface area contributed by atoms with E-state index in [1.54, 1.807) is 6.20 Å². The van der Waals surface area contributed by atoms with E-state index < -0.39 is 0 Å². The number of hydrogen-bond donors (Lipinski definition) is 1. The Morgan fingerprint density at radius 3 is 2.79 bits per heavy atom. The molecule has 0 atom stereocenters. The molecule has 0 aliphatic carbocycles. The van der Waals surface area contributed by atoms with Gasteiger partial charge in [-0.1, -0.05) is 38.8 Å². The van der Waals surface area contributed by atoms with Crippen LogP contribution < -0.4 is 10.2 Å². The number of pyridine rings is 1. The Balaban J connectivity index is 2.65. The zero-order chi connectivity index (χ0) is 14.3. The van der Waals surface area contributed by atoms with Crippen LogP contribution in [0.5, 0.6) is 0 Å². The van der Waals surface area contributed by atoms with Crippen LogP contribution in [0, 0.1) is 5.92 Å². The maximum Gasteiger partial charge on any atom is 0.128 e. The molecule has 1 aromatic rings. The Morgan fingerprint density at radius 1 is 1.42 bits per heavy atom. The molecule has 0 unspecified atom stereocenters. The average molecular weight is 284 g/mol. The van der Waals surface area contributed by atoms with Crippen molar-refractivity contribution >= 4 is 17.4 Å². The van der Waals surface area contributed by atoms with Gasteiger partial charge in [-0.15, -0.1) is 0 Å². The van der Waals surface area contributed by atoms with Crippen LogP contribution in [0.1, 0.15) is 39.2 Å². The van der Waals surface area contributed by atoms with Gasteiger partial charge in [0.25, 0.3) is 0 Å². The number of rotatable bonds is 8. The maximum absolute atomic E-state index is 6.20. The summed E-state index contributed by atoms with van der Waals surface area (Å²) in [6, 6.07) is 2.09. The second-order valence-corrected chi connectivity index (χ2v) is 5.84. The van der Waals surface area contributed by atoms with Crippen molar-refractivity contribution in [2.75, 3.05) is 25.0 Å². The molecule has 0 saturated carbocycles. The first kappa shape index (κ1) is 16.3. The number of anilines is 1. The van der Waals surface area contributed by atoms with Gasteiger partial charge in [-0.25, -0.2) is 4.98 Å². The molecule has 0 spiro atoms. The zero-order valence-electron chi connectivity index (χ0n) is 12.5. The van der Waals surface area contributed by atoms with Gasteiger partial charge in [-0.2, -0.15) is 0 Å². The molecule has 0 aliphatic rings. The van der Waals surface area contributed by atoms with E-state index in [4.69, 9.17) is 11.6 Å². The summed E-state index contributed by atoms with van der Waals surface area (Å²) in [7, 11) is 2.08. The molecule has 1 aromatic heterocycles. The van der Waals surface area contributed by atoms with Crippen molar-refractivity contribution in [2.24, 2.45) is 5.92 Å². The molecule has 0 aromatic carbocycles. The molecular weight excluding hydrogens is 258 g/mol. The Labute approximate surface area is 122 Å². The summed E-state index contributed by atoms with van der Waals surface area (Å²) in [5.74, 6) is 1.64. The molecule has 0 aliphatic heterocycles. The summed E-state index contributed by atoms with van der Waals surface area (Å²) in [5, 5.41) is 4.16. The molecule has 19 heavy (non-hydrogen) atoms. The number of unbranched alkanes of at least 4 members (excludes halogenated alkanes) is 1. The first-order valence-corrected chi connectivity index (χ1v) is 7.48. The normalized spacial score (nSPS) is 11.1. The molecule has 1 N–H and O–H groups in total. The average Bonchev–Trinajstić information content (AvgIpc) is 2.37. The van der Waals surface area contributed by atoms with Gasteiger partial charge in [0.15, 0.2) is 0 Å². The third kappa shape index (κ3) is 5.79. The summed E-state index contributed by atoms with van der Waals surface area (Å²) in [6.45, 7) is 9.43. The van der Waals surface area contributed by atoms with Crippen molar-refractivity contribution in [2.45, 2.75) is 40.2 Å². The fourth-order valence-electron chi connectivity index (χ4n) is 1.82. The lowest BCUT2D eigenvalue weighted by atomic mass is 10.2. The van der Waals surface area contributed by atoms with Crippen LogP contribution in [0.2, 0.25) is 5.02 Å². The van der Waals surface area contributed by atoms with Gasteiger partial charge >= 0.3 is 0 Å². The number of nitrogens with zero attached hydrogens (tertiary/aromatic N) is 2. The van der Waals surface area contributed by atoms with Crippen LogP contribution in [-0.4, -0.2) is 25.1 Å². The first-order chi connectivity index (χ1) is 9.04. The summed E-state index contributed by atoms with van der Waals surface area (Å²) >= 11 is 6.20. The third-order valence-corrected chi connectivity index (χ3v) is 3.37. The van der Waals surface area contributed by atoms with E-state index in [-0.39, 0.29) is 0 Å². The van der Waals surface area contributed by atoms with Gasteiger partial charge < -0.3 is 10.2 Å². The van der Waals surface area contributed by atoms with E-state index in [1.165, 1.54) is 12.8 Å². The monoisotopic (exact) mass is 283 g/mol. The minimum absolute atomic E-state index is 0.646. The molecule has 108 valence electrons. The van der Waals surface area contributed by atoms with Crippen molar-refractivity contribution in [1.29, 1.82) is 0 Å². The molecule has 4 heteroatoms. The molecule has 1 heterocycles. The lowest BCUT2D eigenvalue weighted by molar-refractivity contribution is 0.552. The quantitative estimate of drug-likeness (QED) is 0.788. The Hall–Kier alpha value is -0.800. The predicted molar refractivity (Wildman–Crippen MR) is 84.0 cm³/mol. The summed E-state index contributed by atoms with van der Waals surface area (Å²) in [6.07, 6.45) is 4.13. The van der Waals surface area contributed by atoms with Gasteiger partial charge in [0.1, 0.15) is 5.82 Å². The van der Waals surface area contributed by atoms with Gasteiger partial charge in [0.05, 0.1) is 5.02 Å². The second-order valence-electron chi connectivity index (χ2n) is 5.43. The standard InChI is InChI=1S/C15H26ClN3/c1-5-6-7-19(4)15-8-13(14(16)11-18-15)10-17-9-12(2)3/h8,11-12,17H,5-7,9-10H2,1-4H3. The lowest BCUT2D eigenvalue weighted by Crippen LogP contribution is -2.21. The van der Waals surface area contributed by atoms with E-state index in [0.29, 0.717) is 5.92 Å². The fraction of sp³-hybridized carbons (Fsp3) is 0.667. The van der Waals surface area contributed by atoms with Crippen molar-refractivity contribution < 1.29 is 0 Å². The van der Waals surface area contributed by atoms with E-state index in [0.717, 1.165) is 36.0 Å². The molecule has 0 radical (unpaired) electrons. The van der Waals surface area contributed by atoms with E-state index in [9.17, 15) is 0 Å². The van der Waals surface area contributed by atoms with E-state index in [1.807, 2.05) is 0 Å². The minimum atomic E-state index is 0.646. The predicted octanol–water partition coefficient (Wildman–Crippen LogP) is 3.72. The zero-order valence-corrected chi connectivity index (χ0v) is 13.3. The highest BCUT2D eigenvalue weighted by atomic mass is 35.5. The summed E-state index contributed by atoms with van der Waals surface area (Å²) in [5.41, 5.74) is 1.12. The van der Waals surface area contributed by atoms with Crippen molar-refractivity contribution in [3.8, 4) is 0 Å². The second kappa shape index (κ2) is 8.39. The molecule has 0 saturated heterocycles. The highest BCUT2D eigenvalue weighted by Crippen LogP contribution is 2.20. The topological polar surface area (TPSA) is 28.2 Å². The largest absolute Gasteiger partial charge is 0.360 e. The molecule has 1 rings (SSSR count). The van der Waals surface area contributed by atoms with Crippen molar-refractivity contribution in [1.82, 2.24) is 10.3 Å². The molecule has 3 nitrogen and oxygen atoms in total. The van der Waals surface area contributed by atoms with Crippen LogP contribution in [0.3, 0.4) is 0 Å². The Morgan fingerprint density at radius 2 is 2.16 bits per heavy atom. The molecular formula is C15H26ClN3. The van der Waals surface area contributed by atoms with Gasteiger partial charge in [0, 0.05) is 26.3 Å². The Kier molecular flexibility index (Phi) is 7.17. The SMILES string of the molecule is CCCCN(C)c1cc(CNCC(C)C)c(Cl)cn1. The van der Waals surface area contributed by atoms with E-state index in [2.05, 4.69) is 49.1 Å². The smallest absolute Gasteiger partial charge is 0.128 e. The van der Waals surface area contributed by atoms with Gasteiger partial charge in [-0.05, 0) is 30.5 Å². The van der Waals surface area contributed by atoms with Crippen molar-refractivity contribution in [3.63, 3.8) is 0 Å². The minimum Gasteiger partial charge on any atom is -0.360 e. The first-order valence-electron chi connectivity index (χ1n) is 7.10. The number of aromatic nitrogens is 1. The number of nitrogens with one attached hydrogen (secondary N) is 1. The third-order valence-electron chi connectivity index (χ3n) is 3.03. The van der Waals surface area contributed by atoms with Gasteiger partial charge in [0.2, 0.25) is 0 Å². The maximum atomic E-state index is 6.20. The van der Waals surface area contributed by atoms with Crippen LogP contribution in [0.4, 0.5) is 5.82 Å². The van der Waals surface area contributed by atoms with Crippen LogP contribution >= 0.6 is 11.6 Å². The highest BCUT2D eigenvalue weighted by Gasteiger charge is 2.07.